The quantitative estimate of drug-likeness (QED) is 0.796. The number of imidazole rings is 1. The Kier molecular flexibility index (Phi) is 5.10. The molecule has 0 aliphatic carbocycles. The van der Waals surface area contributed by atoms with Gasteiger partial charge in [0.05, 0.1) is 10.7 Å². The van der Waals surface area contributed by atoms with Crippen LogP contribution in [0.5, 0.6) is 0 Å². The molecule has 0 amide bonds. The Labute approximate surface area is 135 Å². The molecule has 0 bridgehead atoms. The van der Waals surface area contributed by atoms with Gasteiger partial charge >= 0.3 is 0 Å². The first kappa shape index (κ1) is 15.8. The summed E-state index contributed by atoms with van der Waals surface area (Å²) in [5, 5.41) is 0.746. The molecule has 110 valence electrons. The Bertz CT molecular complexity index is 574. The van der Waals surface area contributed by atoms with Crippen LogP contribution in [0.2, 0.25) is 5.02 Å². The molecule has 3 heterocycles. The molecule has 0 saturated carbocycles. The summed E-state index contributed by atoms with van der Waals surface area (Å²) in [4.78, 5) is 7.24. The predicted molar refractivity (Wildman–Crippen MR) is 88.8 cm³/mol. The summed E-state index contributed by atoms with van der Waals surface area (Å²) in [7, 11) is 0. The Balaban J connectivity index is 0.00000147. The van der Waals surface area contributed by atoms with Crippen molar-refractivity contribution in [2.75, 3.05) is 0 Å². The van der Waals surface area contributed by atoms with Gasteiger partial charge in [0.15, 0.2) is 0 Å². The monoisotopic (exact) mass is 357 g/mol. The largest absolute Gasteiger partial charge is 0.305 e. The number of pyridine rings is 1. The highest BCUT2D eigenvalue weighted by atomic mass is 79.9. The van der Waals surface area contributed by atoms with Crippen LogP contribution < -0.4 is 0 Å². The highest BCUT2D eigenvalue weighted by molar-refractivity contribution is 8.93. The smallest absolute Gasteiger partial charge is 0.137 e. The number of piperidine rings is 1. The molecule has 20 heavy (non-hydrogen) atoms. The van der Waals surface area contributed by atoms with E-state index in [9.17, 15) is 0 Å². The van der Waals surface area contributed by atoms with E-state index in [0.717, 1.165) is 22.9 Å². The zero-order valence-electron chi connectivity index (χ0n) is 11.9. The van der Waals surface area contributed by atoms with Crippen LogP contribution in [0.3, 0.4) is 0 Å². The van der Waals surface area contributed by atoms with Gasteiger partial charge in [-0.25, -0.2) is 4.98 Å². The van der Waals surface area contributed by atoms with E-state index in [2.05, 4.69) is 29.9 Å². The Morgan fingerprint density at radius 2 is 1.90 bits per heavy atom. The average molecular weight is 359 g/mol. The molecule has 3 rings (SSSR count). The van der Waals surface area contributed by atoms with E-state index < -0.39 is 0 Å². The van der Waals surface area contributed by atoms with Gasteiger partial charge in [0.1, 0.15) is 5.65 Å². The number of nitrogens with zero attached hydrogens (tertiary/aromatic N) is 3. The zero-order valence-corrected chi connectivity index (χ0v) is 14.4. The third kappa shape index (κ3) is 3.18. The van der Waals surface area contributed by atoms with Crippen LogP contribution in [0, 0.1) is 0 Å². The second kappa shape index (κ2) is 6.46. The lowest BCUT2D eigenvalue weighted by molar-refractivity contribution is 0.0940. The Morgan fingerprint density at radius 1 is 1.20 bits per heavy atom. The molecule has 0 spiro atoms. The maximum absolute atomic E-state index is 6.01. The number of halogens is 2. The normalized spacial score (nSPS) is 23.8. The van der Waals surface area contributed by atoms with E-state index in [-0.39, 0.29) is 17.0 Å². The van der Waals surface area contributed by atoms with Gasteiger partial charge in [-0.2, -0.15) is 0 Å². The van der Waals surface area contributed by atoms with Crippen molar-refractivity contribution in [2.24, 2.45) is 0 Å². The van der Waals surface area contributed by atoms with E-state index >= 15 is 0 Å². The lowest BCUT2D eigenvalue weighted by Crippen LogP contribution is -2.43. The summed E-state index contributed by atoms with van der Waals surface area (Å²) in [5.74, 6) is 0. The van der Waals surface area contributed by atoms with Gasteiger partial charge in [-0.1, -0.05) is 18.0 Å². The van der Waals surface area contributed by atoms with E-state index in [1.807, 2.05) is 22.7 Å². The number of aromatic nitrogens is 2. The number of rotatable bonds is 2. The topological polar surface area (TPSA) is 20.5 Å². The number of hydrogen-bond acceptors (Lipinski definition) is 2. The molecule has 5 heteroatoms. The Hall–Kier alpha value is -0.580. The van der Waals surface area contributed by atoms with Crippen molar-refractivity contribution < 1.29 is 0 Å². The Morgan fingerprint density at radius 3 is 2.60 bits per heavy atom. The maximum atomic E-state index is 6.01. The third-order valence-electron chi connectivity index (χ3n) is 4.19. The van der Waals surface area contributed by atoms with Gasteiger partial charge in [-0.15, -0.1) is 17.0 Å². The van der Waals surface area contributed by atoms with Crippen LogP contribution in [-0.4, -0.2) is 26.4 Å². The van der Waals surface area contributed by atoms with Crippen molar-refractivity contribution in [1.29, 1.82) is 0 Å². The standard InChI is InChI=1S/C15H20ClN3.BrH/c1-11-4-3-5-12(2)19(11)10-14-9-18-8-13(16)6-7-15(18)17-14;/h6-9,11-12H,3-5,10H2,1-2H3;1H. The number of hydrogen-bond donors (Lipinski definition) is 0. The fraction of sp³-hybridized carbons (Fsp3) is 0.533. The fourth-order valence-electron chi connectivity index (χ4n) is 3.07. The first-order valence-corrected chi connectivity index (χ1v) is 7.40. The summed E-state index contributed by atoms with van der Waals surface area (Å²) in [6, 6.07) is 5.16. The van der Waals surface area contributed by atoms with Gasteiger partial charge in [-0.05, 0) is 38.8 Å². The summed E-state index contributed by atoms with van der Waals surface area (Å²) < 4.78 is 2.01. The summed E-state index contributed by atoms with van der Waals surface area (Å²) in [6.07, 6.45) is 7.94. The van der Waals surface area contributed by atoms with E-state index in [0.29, 0.717) is 12.1 Å². The fourth-order valence-corrected chi connectivity index (χ4v) is 3.23. The summed E-state index contributed by atoms with van der Waals surface area (Å²) in [5.41, 5.74) is 2.10. The van der Waals surface area contributed by atoms with Crippen molar-refractivity contribution in [3.63, 3.8) is 0 Å². The van der Waals surface area contributed by atoms with Gasteiger partial charge in [0.25, 0.3) is 0 Å². The van der Waals surface area contributed by atoms with Crippen molar-refractivity contribution >= 4 is 34.2 Å². The molecular formula is C15H21BrClN3. The van der Waals surface area contributed by atoms with Crippen LogP contribution in [0.25, 0.3) is 5.65 Å². The second-order valence-electron chi connectivity index (χ2n) is 5.65. The van der Waals surface area contributed by atoms with Crippen LogP contribution >= 0.6 is 28.6 Å². The summed E-state index contributed by atoms with van der Waals surface area (Å²) >= 11 is 6.01. The minimum Gasteiger partial charge on any atom is -0.305 e. The zero-order chi connectivity index (χ0) is 13.4. The van der Waals surface area contributed by atoms with Gasteiger partial charge in [0, 0.05) is 31.0 Å². The van der Waals surface area contributed by atoms with Gasteiger partial charge < -0.3 is 4.40 Å². The van der Waals surface area contributed by atoms with Crippen molar-refractivity contribution in [3.8, 4) is 0 Å². The van der Waals surface area contributed by atoms with Crippen LogP contribution in [0.15, 0.2) is 24.5 Å². The number of fused-ring (bicyclic) bond motifs is 1. The average Bonchev–Trinajstić information content (AvgIpc) is 2.75. The molecule has 3 nitrogen and oxygen atoms in total. The van der Waals surface area contributed by atoms with Crippen LogP contribution in [-0.2, 0) is 6.54 Å². The minimum atomic E-state index is 0. The maximum Gasteiger partial charge on any atom is 0.137 e. The van der Waals surface area contributed by atoms with Crippen molar-refractivity contribution in [3.05, 3.63) is 35.2 Å². The van der Waals surface area contributed by atoms with Crippen LogP contribution in [0.1, 0.15) is 38.8 Å². The third-order valence-corrected chi connectivity index (χ3v) is 4.41. The lowest BCUT2D eigenvalue weighted by atomic mass is 9.97. The first-order valence-electron chi connectivity index (χ1n) is 7.02. The lowest BCUT2D eigenvalue weighted by Gasteiger charge is -2.38. The molecule has 2 aromatic heterocycles. The van der Waals surface area contributed by atoms with Gasteiger partial charge in [-0.3, -0.25) is 4.90 Å². The highest BCUT2D eigenvalue weighted by Gasteiger charge is 2.25. The summed E-state index contributed by atoms with van der Waals surface area (Å²) in [6.45, 7) is 5.58. The molecule has 2 unspecified atom stereocenters. The van der Waals surface area contributed by atoms with E-state index in [1.54, 1.807) is 0 Å². The molecule has 1 aliphatic rings. The molecule has 1 fully saturated rings. The molecule has 1 aliphatic heterocycles. The minimum absolute atomic E-state index is 0. The molecular weight excluding hydrogens is 338 g/mol. The first-order chi connectivity index (χ1) is 9.13. The second-order valence-corrected chi connectivity index (χ2v) is 6.08. The van der Waals surface area contributed by atoms with Crippen molar-refractivity contribution in [2.45, 2.75) is 51.7 Å². The molecule has 0 radical (unpaired) electrons. The molecule has 1 saturated heterocycles. The van der Waals surface area contributed by atoms with Crippen molar-refractivity contribution in [1.82, 2.24) is 14.3 Å². The number of likely N-dealkylation sites (tertiary alicyclic amines) is 1. The SMILES string of the molecule is Br.CC1CCCC(C)N1Cc1cn2cc(Cl)ccc2n1. The molecule has 0 aromatic carbocycles. The van der Waals surface area contributed by atoms with Crippen LogP contribution in [0.4, 0.5) is 0 Å². The molecule has 0 N–H and O–H groups in total. The van der Waals surface area contributed by atoms with Gasteiger partial charge in [0.2, 0.25) is 0 Å². The molecule has 2 aromatic rings. The van der Waals surface area contributed by atoms with E-state index in [1.165, 1.54) is 19.3 Å². The highest BCUT2D eigenvalue weighted by Crippen LogP contribution is 2.24. The molecule has 2 atom stereocenters. The predicted octanol–water partition coefficient (Wildman–Crippen LogP) is 4.33. The van der Waals surface area contributed by atoms with E-state index in [4.69, 9.17) is 11.6 Å².